The van der Waals surface area contributed by atoms with Gasteiger partial charge in [-0.25, -0.2) is 4.79 Å². The van der Waals surface area contributed by atoms with Gasteiger partial charge in [-0.1, -0.05) is 17.8 Å². The summed E-state index contributed by atoms with van der Waals surface area (Å²) in [5.41, 5.74) is -1.57. The summed E-state index contributed by atoms with van der Waals surface area (Å²) in [5, 5.41) is 9.23. The number of aliphatic hydroxyl groups excluding tert-OH is 1. The molecular formula is C19H15F3N2O3S. The minimum atomic E-state index is -4.55. The highest BCUT2D eigenvalue weighted by molar-refractivity contribution is 7.99. The summed E-state index contributed by atoms with van der Waals surface area (Å²) in [4.78, 5) is 27.1. The number of hydrogen-bond acceptors (Lipinski definition) is 4. The Morgan fingerprint density at radius 3 is 2.54 bits per heavy atom. The van der Waals surface area contributed by atoms with Crippen molar-refractivity contribution >= 4 is 22.7 Å². The van der Waals surface area contributed by atoms with E-state index < -0.39 is 23.0 Å². The number of nitrogens with zero attached hydrogens (tertiary/aromatic N) is 2. The molecule has 1 aliphatic rings. The van der Waals surface area contributed by atoms with E-state index in [0.29, 0.717) is 28.1 Å². The van der Waals surface area contributed by atoms with E-state index in [0.717, 1.165) is 16.7 Å². The molecule has 28 heavy (non-hydrogen) atoms. The van der Waals surface area contributed by atoms with Crippen molar-refractivity contribution in [3.63, 3.8) is 0 Å². The topological polar surface area (TPSA) is 64.2 Å². The molecule has 0 aliphatic carbocycles. The van der Waals surface area contributed by atoms with Crippen molar-refractivity contribution in [2.75, 3.05) is 6.61 Å². The summed E-state index contributed by atoms with van der Waals surface area (Å²) in [5.74, 6) is 0. The molecule has 146 valence electrons. The summed E-state index contributed by atoms with van der Waals surface area (Å²) in [6, 6.07) is 8.27. The number of fused-ring (bicyclic) bond motifs is 2. The van der Waals surface area contributed by atoms with Gasteiger partial charge in [0.2, 0.25) is 0 Å². The Labute approximate surface area is 161 Å². The number of unbranched alkanes of at least 4 members (excludes halogenated alkanes) is 1. The number of halogens is 3. The van der Waals surface area contributed by atoms with Gasteiger partial charge in [-0.3, -0.25) is 13.9 Å². The van der Waals surface area contributed by atoms with Crippen molar-refractivity contribution in [3.05, 3.63) is 62.8 Å². The Bertz CT molecular complexity index is 1200. The van der Waals surface area contributed by atoms with Crippen molar-refractivity contribution in [2.24, 2.45) is 0 Å². The Hall–Kier alpha value is -2.52. The minimum absolute atomic E-state index is 0.0743. The molecule has 0 amide bonds. The molecule has 1 aromatic heterocycles. The lowest BCUT2D eigenvalue weighted by atomic mass is 10.1. The zero-order valence-electron chi connectivity index (χ0n) is 14.5. The number of alkyl halides is 3. The summed E-state index contributed by atoms with van der Waals surface area (Å²) in [6.07, 6.45) is -3.73. The molecule has 4 rings (SSSR count). The largest absolute Gasteiger partial charge is 0.416 e. The van der Waals surface area contributed by atoms with Gasteiger partial charge < -0.3 is 5.11 Å². The van der Waals surface area contributed by atoms with Crippen LogP contribution in [0, 0.1) is 0 Å². The summed E-state index contributed by atoms with van der Waals surface area (Å²) < 4.78 is 41.9. The molecule has 0 radical (unpaired) electrons. The monoisotopic (exact) mass is 408 g/mol. The molecule has 2 heterocycles. The molecule has 5 nitrogen and oxygen atoms in total. The average Bonchev–Trinajstić information content (AvgIpc) is 2.66. The predicted molar refractivity (Wildman–Crippen MR) is 99.2 cm³/mol. The third kappa shape index (κ3) is 2.94. The van der Waals surface area contributed by atoms with Crippen LogP contribution in [0.1, 0.15) is 18.4 Å². The highest BCUT2D eigenvalue weighted by atomic mass is 32.2. The first-order valence-corrected chi connectivity index (χ1v) is 9.43. The van der Waals surface area contributed by atoms with Gasteiger partial charge in [-0.2, -0.15) is 13.2 Å². The fourth-order valence-corrected chi connectivity index (χ4v) is 4.40. The fourth-order valence-electron chi connectivity index (χ4n) is 3.33. The fraction of sp³-hybridized carbons (Fsp3) is 0.263. The van der Waals surface area contributed by atoms with Gasteiger partial charge in [-0.05, 0) is 43.2 Å². The van der Waals surface area contributed by atoms with Gasteiger partial charge in [-0.15, -0.1) is 0 Å². The van der Waals surface area contributed by atoms with Crippen LogP contribution >= 0.6 is 11.8 Å². The zero-order valence-corrected chi connectivity index (χ0v) is 15.3. The van der Waals surface area contributed by atoms with E-state index in [2.05, 4.69) is 0 Å². The molecular weight excluding hydrogens is 393 g/mol. The molecule has 0 bridgehead atoms. The molecule has 0 unspecified atom stereocenters. The van der Waals surface area contributed by atoms with E-state index in [9.17, 15) is 22.8 Å². The standard InChI is InChI=1S/C19H15F3N2O3S/c20-19(21,22)11-6-7-14-13(10-11)24-16-12(4-3-5-15(16)28-14)17(26)23(18(24)27)8-1-2-9-25/h3-7,10,25H,1-2,8-9H2. The van der Waals surface area contributed by atoms with E-state index in [-0.39, 0.29) is 24.2 Å². The molecule has 0 fully saturated rings. The van der Waals surface area contributed by atoms with Crippen molar-refractivity contribution in [1.82, 2.24) is 9.13 Å². The maximum Gasteiger partial charge on any atom is 0.416 e. The van der Waals surface area contributed by atoms with Gasteiger partial charge in [0.25, 0.3) is 5.56 Å². The lowest BCUT2D eigenvalue weighted by Crippen LogP contribution is -2.40. The maximum atomic E-state index is 13.2. The van der Waals surface area contributed by atoms with Gasteiger partial charge in [0.15, 0.2) is 0 Å². The van der Waals surface area contributed by atoms with Gasteiger partial charge in [0.1, 0.15) is 0 Å². The Kier molecular flexibility index (Phi) is 4.59. The molecule has 0 spiro atoms. The second-order valence-electron chi connectivity index (χ2n) is 6.44. The Morgan fingerprint density at radius 1 is 1.04 bits per heavy atom. The first kappa shape index (κ1) is 18.8. The number of aliphatic hydroxyl groups is 1. The number of aromatic nitrogens is 2. The average molecular weight is 408 g/mol. The van der Waals surface area contributed by atoms with Crippen molar-refractivity contribution < 1.29 is 18.3 Å². The molecule has 1 N–H and O–H groups in total. The normalized spacial score (nSPS) is 13.0. The number of rotatable bonds is 4. The second-order valence-corrected chi connectivity index (χ2v) is 7.52. The molecule has 0 saturated carbocycles. The quantitative estimate of drug-likeness (QED) is 0.526. The highest BCUT2D eigenvalue weighted by Gasteiger charge is 2.33. The van der Waals surface area contributed by atoms with E-state index in [1.54, 1.807) is 18.2 Å². The Morgan fingerprint density at radius 2 is 1.82 bits per heavy atom. The lowest BCUT2D eigenvalue weighted by Gasteiger charge is -2.23. The van der Waals surface area contributed by atoms with E-state index in [1.807, 2.05) is 0 Å². The first-order chi connectivity index (χ1) is 13.3. The second kappa shape index (κ2) is 6.82. The maximum absolute atomic E-state index is 13.2. The van der Waals surface area contributed by atoms with E-state index in [1.165, 1.54) is 22.4 Å². The van der Waals surface area contributed by atoms with E-state index >= 15 is 0 Å². The van der Waals surface area contributed by atoms with Crippen molar-refractivity contribution in [2.45, 2.75) is 35.4 Å². The molecule has 0 saturated heterocycles. The van der Waals surface area contributed by atoms with Crippen molar-refractivity contribution in [3.8, 4) is 5.69 Å². The number of hydrogen-bond donors (Lipinski definition) is 1. The SMILES string of the molecule is O=c1c2cccc3c2n(c(=O)n1CCCCO)-c1cc(C(F)(F)F)ccc1S3. The van der Waals surface area contributed by atoms with Crippen LogP contribution < -0.4 is 11.2 Å². The molecule has 0 atom stereocenters. The van der Waals surface area contributed by atoms with Crippen molar-refractivity contribution in [1.29, 1.82) is 0 Å². The smallest absolute Gasteiger partial charge is 0.396 e. The van der Waals surface area contributed by atoms with Gasteiger partial charge >= 0.3 is 11.9 Å². The van der Waals surface area contributed by atoms with E-state index in [4.69, 9.17) is 5.11 Å². The van der Waals surface area contributed by atoms with Gasteiger partial charge in [0, 0.05) is 22.9 Å². The van der Waals surface area contributed by atoms with Crippen LogP contribution in [0.25, 0.3) is 16.6 Å². The first-order valence-electron chi connectivity index (χ1n) is 8.62. The summed E-state index contributed by atoms with van der Waals surface area (Å²) >= 11 is 1.23. The van der Waals surface area contributed by atoms with Crippen LogP contribution in [0.15, 0.2) is 55.8 Å². The third-order valence-corrected chi connectivity index (χ3v) is 5.77. The molecule has 1 aliphatic heterocycles. The lowest BCUT2D eigenvalue weighted by molar-refractivity contribution is -0.137. The summed E-state index contributed by atoms with van der Waals surface area (Å²) in [7, 11) is 0. The number of benzene rings is 2. The molecule has 3 aromatic rings. The van der Waals surface area contributed by atoms with Crippen LogP contribution in [-0.2, 0) is 12.7 Å². The van der Waals surface area contributed by atoms with Crippen LogP contribution in [0.2, 0.25) is 0 Å². The zero-order chi connectivity index (χ0) is 20.1. The van der Waals surface area contributed by atoms with Crippen LogP contribution in [0.4, 0.5) is 13.2 Å². The third-order valence-electron chi connectivity index (χ3n) is 4.66. The Balaban J connectivity index is 2.05. The minimum Gasteiger partial charge on any atom is -0.396 e. The van der Waals surface area contributed by atoms with Crippen LogP contribution in [-0.4, -0.2) is 20.8 Å². The predicted octanol–water partition coefficient (Wildman–Crippen LogP) is 3.41. The summed E-state index contributed by atoms with van der Waals surface area (Å²) in [6.45, 7) is 0.00885. The molecule has 2 aromatic carbocycles. The van der Waals surface area contributed by atoms with Gasteiger partial charge in [0.05, 0.1) is 22.2 Å². The number of para-hydroxylation sites is 1. The van der Waals surface area contributed by atoms with Crippen LogP contribution in [0.3, 0.4) is 0 Å². The highest BCUT2D eigenvalue weighted by Crippen LogP contribution is 2.42. The molecule has 9 heteroatoms. The van der Waals surface area contributed by atoms with Crippen LogP contribution in [0.5, 0.6) is 0 Å².